The second-order valence-corrected chi connectivity index (χ2v) is 16.6. The Morgan fingerprint density at radius 3 is 1.95 bits per heavy atom. The number of nitrogens with zero attached hydrogens (tertiary/aromatic N) is 5. The van der Waals surface area contributed by atoms with Crippen molar-refractivity contribution in [1.82, 2.24) is 45.4 Å². The van der Waals surface area contributed by atoms with E-state index in [-0.39, 0.29) is 41.6 Å². The number of thiazole rings is 1. The highest BCUT2D eigenvalue weighted by molar-refractivity contribution is 7.22. The van der Waals surface area contributed by atoms with Crippen LogP contribution in [-0.2, 0) is 19.1 Å². The summed E-state index contributed by atoms with van der Waals surface area (Å²) in [7, 11) is 1.29. The highest BCUT2D eigenvalue weighted by Gasteiger charge is 2.39. The number of hydrogen-bond acceptors (Lipinski definition) is 9. The molecule has 3 aromatic heterocycles. The molecule has 2 aliphatic heterocycles. The number of benzene rings is 3. The molecule has 292 valence electrons. The van der Waals surface area contributed by atoms with E-state index in [0.717, 1.165) is 91.0 Å². The maximum absolute atomic E-state index is 13.7. The SMILES string of the molecule is COC(=O)N[C@H](C(=O)N1CCC[C@H]1c1nc2ccc3cc(-c4nc5ccc6nc([C@@H]7CCCN7C(=O)[C@@H](NC(C)=O)C(C)C)[nH]c6c5s4)ccc3c2[nH]1)C(C)C. The van der Waals surface area contributed by atoms with Gasteiger partial charge in [0.15, 0.2) is 0 Å². The number of rotatable bonds is 9. The number of aromatic amines is 2. The van der Waals surface area contributed by atoms with Crippen LogP contribution in [0.15, 0.2) is 42.5 Å². The number of imidazole rings is 2. The maximum Gasteiger partial charge on any atom is 0.407 e. The first-order chi connectivity index (χ1) is 26.9. The van der Waals surface area contributed by atoms with Crippen LogP contribution in [0.25, 0.3) is 53.6 Å². The van der Waals surface area contributed by atoms with Gasteiger partial charge in [0.05, 0.1) is 51.5 Å². The third-order valence-electron chi connectivity index (χ3n) is 11.2. The van der Waals surface area contributed by atoms with Gasteiger partial charge < -0.3 is 35.1 Å². The molecular formula is C41H47N9O5S. The first-order valence-corrected chi connectivity index (χ1v) is 20.2. The largest absolute Gasteiger partial charge is 0.453 e. The van der Waals surface area contributed by atoms with Crippen LogP contribution < -0.4 is 10.6 Å². The Labute approximate surface area is 327 Å². The summed E-state index contributed by atoms with van der Waals surface area (Å²) in [5.74, 6) is 0.878. The molecule has 0 spiro atoms. The summed E-state index contributed by atoms with van der Waals surface area (Å²) in [5, 5.41) is 8.49. The minimum Gasteiger partial charge on any atom is -0.453 e. The van der Waals surface area contributed by atoms with E-state index in [2.05, 4.69) is 44.9 Å². The fourth-order valence-electron chi connectivity index (χ4n) is 8.30. The lowest BCUT2D eigenvalue weighted by Gasteiger charge is -2.30. The Morgan fingerprint density at radius 2 is 1.34 bits per heavy atom. The highest BCUT2D eigenvalue weighted by atomic mass is 32.1. The van der Waals surface area contributed by atoms with Crippen LogP contribution in [0.5, 0.6) is 0 Å². The van der Waals surface area contributed by atoms with Crippen LogP contribution in [0.3, 0.4) is 0 Å². The molecule has 0 bridgehead atoms. The lowest BCUT2D eigenvalue weighted by Crippen LogP contribution is -2.51. The summed E-state index contributed by atoms with van der Waals surface area (Å²) in [6, 6.07) is 12.6. The summed E-state index contributed by atoms with van der Waals surface area (Å²) < 4.78 is 5.78. The Kier molecular flexibility index (Phi) is 9.89. The zero-order valence-corrected chi connectivity index (χ0v) is 33.3. The van der Waals surface area contributed by atoms with Gasteiger partial charge in [-0.3, -0.25) is 14.4 Å². The number of carbonyl (C=O) groups excluding carboxylic acids is 4. The normalized spacial score (nSPS) is 18.5. The molecule has 2 saturated heterocycles. The van der Waals surface area contributed by atoms with Crippen molar-refractivity contribution in [3.05, 3.63) is 54.1 Å². The van der Waals surface area contributed by atoms with Gasteiger partial charge in [-0.15, -0.1) is 11.3 Å². The number of likely N-dealkylation sites (tertiary alicyclic amines) is 2. The van der Waals surface area contributed by atoms with Crippen molar-refractivity contribution in [3.8, 4) is 10.6 Å². The van der Waals surface area contributed by atoms with Crippen molar-refractivity contribution in [1.29, 1.82) is 0 Å². The predicted octanol–water partition coefficient (Wildman–Crippen LogP) is 6.74. The average Bonchev–Trinajstić information content (AvgIpc) is 4.02. The lowest BCUT2D eigenvalue weighted by atomic mass is 10.0. The summed E-state index contributed by atoms with van der Waals surface area (Å²) in [6.45, 7) is 10.3. The molecule has 3 aromatic carbocycles. The number of amides is 4. The number of alkyl carbamates (subject to hydrolysis) is 1. The first kappa shape index (κ1) is 37.4. The zero-order valence-electron chi connectivity index (χ0n) is 32.4. The van der Waals surface area contributed by atoms with Crippen molar-refractivity contribution in [2.24, 2.45) is 11.8 Å². The minimum atomic E-state index is -0.700. The molecular weight excluding hydrogens is 731 g/mol. The Hall–Kier alpha value is -5.57. The summed E-state index contributed by atoms with van der Waals surface area (Å²) in [4.78, 5) is 77.0. The standard InChI is InChI=1S/C41H47N9O5S/c1-20(2)31(42-22(5)51)39(52)49-17-8-10-30(49)37-44-27-15-16-28-35(34(27)47-37)56-38(45-28)24-11-13-25-23(19-24)12-14-26-33(25)46-36(43-26)29-9-7-18-50(29)40(53)32(21(3)4)48-41(54)55-6/h11-16,19-21,29-32H,7-10,17-18H2,1-6H3,(H,42,51)(H,43,46)(H,44,47)(H,48,54)/t29-,30-,31-,32-/m0/s1. The number of aromatic nitrogens is 5. The van der Waals surface area contributed by atoms with Gasteiger partial charge in [0, 0.05) is 31.0 Å². The lowest BCUT2D eigenvalue weighted by molar-refractivity contribution is -0.138. The van der Waals surface area contributed by atoms with E-state index < -0.39 is 18.2 Å². The van der Waals surface area contributed by atoms with Crippen LogP contribution in [0.4, 0.5) is 4.79 Å². The van der Waals surface area contributed by atoms with Crippen molar-refractivity contribution in [2.75, 3.05) is 20.2 Å². The number of H-pyrrole nitrogens is 2. The molecule has 2 fully saturated rings. The van der Waals surface area contributed by atoms with Crippen molar-refractivity contribution < 1.29 is 23.9 Å². The van der Waals surface area contributed by atoms with Crippen molar-refractivity contribution in [2.45, 2.75) is 84.5 Å². The van der Waals surface area contributed by atoms with Gasteiger partial charge in [0.25, 0.3) is 0 Å². The highest BCUT2D eigenvalue weighted by Crippen LogP contribution is 2.39. The molecule has 8 rings (SSSR count). The van der Waals surface area contributed by atoms with E-state index in [1.54, 1.807) is 11.3 Å². The van der Waals surface area contributed by atoms with Gasteiger partial charge in [0.2, 0.25) is 17.7 Å². The van der Waals surface area contributed by atoms with Gasteiger partial charge in [-0.1, -0.05) is 45.9 Å². The van der Waals surface area contributed by atoms with Crippen LogP contribution in [-0.4, -0.2) is 90.8 Å². The van der Waals surface area contributed by atoms with Gasteiger partial charge in [-0.25, -0.2) is 19.7 Å². The van der Waals surface area contributed by atoms with Crippen molar-refractivity contribution in [3.63, 3.8) is 0 Å². The predicted molar refractivity (Wildman–Crippen MR) is 216 cm³/mol. The third kappa shape index (κ3) is 6.71. The molecule has 0 aliphatic carbocycles. The fourth-order valence-corrected chi connectivity index (χ4v) is 9.36. The van der Waals surface area contributed by atoms with Gasteiger partial charge in [-0.2, -0.15) is 0 Å². The molecule has 15 heteroatoms. The molecule has 6 aromatic rings. The van der Waals surface area contributed by atoms with Crippen LogP contribution >= 0.6 is 11.3 Å². The molecule has 0 radical (unpaired) electrons. The molecule has 14 nitrogen and oxygen atoms in total. The molecule has 4 amide bonds. The topological polar surface area (TPSA) is 178 Å². The van der Waals surface area contributed by atoms with E-state index in [4.69, 9.17) is 19.7 Å². The number of ether oxygens (including phenoxy) is 1. The number of nitrogens with one attached hydrogen (secondary N) is 4. The summed E-state index contributed by atoms with van der Waals surface area (Å²) in [6.07, 6.45) is 2.64. The molecule has 0 saturated carbocycles. The fraction of sp³-hybridized carbons (Fsp3) is 0.439. The second kappa shape index (κ2) is 14.8. The number of carbonyl (C=O) groups is 4. The summed E-state index contributed by atoms with van der Waals surface area (Å²) >= 11 is 1.60. The number of fused-ring (bicyclic) bond motifs is 6. The third-order valence-corrected chi connectivity index (χ3v) is 12.3. The van der Waals surface area contributed by atoms with E-state index in [1.807, 2.05) is 55.7 Å². The van der Waals surface area contributed by atoms with Crippen LogP contribution in [0.2, 0.25) is 0 Å². The molecule has 0 unspecified atom stereocenters. The van der Waals surface area contributed by atoms with E-state index in [1.165, 1.54) is 14.0 Å². The number of hydrogen-bond donors (Lipinski definition) is 4. The Bertz CT molecular complexity index is 2500. The molecule has 4 atom stereocenters. The van der Waals surface area contributed by atoms with Crippen LogP contribution in [0.1, 0.15) is 84.0 Å². The molecule has 56 heavy (non-hydrogen) atoms. The van der Waals surface area contributed by atoms with E-state index >= 15 is 0 Å². The van der Waals surface area contributed by atoms with Gasteiger partial charge in [-0.05, 0) is 67.2 Å². The monoisotopic (exact) mass is 777 g/mol. The average molecular weight is 778 g/mol. The van der Waals surface area contributed by atoms with Crippen LogP contribution in [0, 0.1) is 11.8 Å². The Balaban J connectivity index is 1.07. The van der Waals surface area contributed by atoms with Gasteiger partial charge in [0.1, 0.15) is 28.7 Å². The number of methoxy groups -OCH3 is 1. The zero-order chi connectivity index (χ0) is 39.4. The molecule has 2 aliphatic rings. The first-order valence-electron chi connectivity index (χ1n) is 19.4. The molecule has 4 N–H and O–H groups in total. The second-order valence-electron chi connectivity index (χ2n) is 15.6. The quantitative estimate of drug-likeness (QED) is 0.125. The molecule has 5 heterocycles. The van der Waals surface area contributed by atoms with Crippen molar-refractivity contribution >= 4 is 78.2 Å². The smallest absolute Gasteiger partial charge is 0.407 e. The maximum atomic E-state index is 13.7. The van der Waals surface area contributed by atoms with Gasteiger partial charge >= 0.3 is 6.09 Å². The Morgan fingerprint density at radius 1 is 0.768 bits per heavy atom. The van der Waals surface area contributed by atoms with E-state index in [0.29, 0.717) is 13.1 Å². The summed E-state index contributed by atoms with van der Waals surface area (Å²) in [5.41, 5.74) is 5.30. The minimum absolute atomic E-state index is 0.0429. The van der Waals surface area contributed by atoms with E-state index in [9.17, 15) is 19.2 Å².